The van der Waals surface area contributed by atoms with Gasteiger partial charge in [-0.3, -0.25) is 4.79 Å². The molecule has 7 nitrogen and oxygen atoms in total. The number of thiophene rings is 1. The number of rotatable bonds is 5. The van der Waals surface area contributed by atoms with Gasteiger partial charge in [-0.1, -0.05) is 0 Å². The molecule has 0 saturated heterocycles. The second-order valence-electron chi connectivity index (χ2n) is 8.41. The first-order valence-electron chi connectivity index (χ1n) is 9.62. The molecule has 5 rings (SSSR count). The van der Waals surface area contributed by atoms with Crippen molar-refractivity contribution in [3.63, 3.8) is 0 Å². The summed E-state index contributed by atoms with van der Waals surface area (Å²) in [6, 6.07) is 0. The van der Waals surface area contributed by atoms with Crippen LogP contribution in [0.25, 0.3) is 0 Å². The standard InChI is InChI=1S/C20H25NO6S/c1-25-17(22)14-13(15(18(23)26-2)28-16(14)21)9-27-19(24)20-6-10-3-11(7-20)5-12(4-10)8-20/h10-12H,3-9,21H2,1-2H3. The summed E-state index contributed by atoms with van der Waals surface area (Å²) in [7, 11) is 2.49. The number of nitrogen functional groups attached to an aromatic ring is 1. The van der Waals surface area contributed by atoms with Crippen LogP contribution < -0.4 is 5.73 Å². The van der Waals surface area contributed by atoms with E-state index >= 15 is 0 Å². The van der Waals surface area contributed by atoms with E-state index in [1.54, 1.807) is 0 Å². The van der Waals surface area contributed by atoms with Crippen LogP contribution in [-0.2, 0) is 25.6 Å². The van der Waals surface area contributed by atoms with Crippen molar-refractivity contribution in [1.29, 1.82) is 0 Å². The van der Waals surface area contributed by atoms with Gasteiger partial charge >= 0.3 is 17.9 Å². The molecule has 0 spiro atoms. The summed E-state index contributed by atoms with van der Waals surface area (Å²) in [4.78, 5) is 37.5. The lowest BCUT2D eigenvalue weighted by Gasteiger charge is -2.55. The first-order chi connectivity index (χ1) is 13.4. The second kappa shape index (κ2) is 7.06. The number of methoxy groups -OCH3 is 2. The predicted molar refractivity (Wildman–Crippen MR) is 102 cm³/mol. The summed E-state index contributed by atoms with van der Waals surface area (Å²) < 4.78 is 15.3. The van der Waals surface area contributed by atoms with Crippen LogP contribution in [0.4, 0.5) is 5.00 Å². The fourth-order valence-corrected chi connectivity index (χ4v) is 6.84. The highest BCUT2D eigenvalue weighted by atomic mass is 32.1. The Hall–Kier alpha value is -2.09. The Bertz CT molecular complexity index is 794. The Balaban J connectivity index is 1.57. The Morgan fingerprint density at radius 1 is 1.00 bits per heavy atom. The molecule has 152 valence electrons. The average Bonchev–Trinajstić information content (AvgIpc) is 2.99. The highest BCUT2D eigenvalue weighted by Gasteiger charge is 2.55. The number of carbonyl (C=O) groups is 3. The lowest BCUT2D eigenvalue weighted by molar-refractivity contribution is -0.173. The molecular weight excluding hydrogens is 382 g/mol. The lowest BCUT2D eigenvalue weighted by atomic mass is 9.49. The van der Waals surface area contributed by atoms with E-state index in [1.807, 2.05) is 0 Å². The topological polar surface area (TPSA) is 105 Å². The largest absolute Gasteiger partial charge is 0.465 e. The van der Waals surface area contributed by atoms with Gasteiger partial charge in [0.25, 0.3) is 0 Å². The van der Waals surface area contributed by atoms with E-state index < -0.39 is 17.4 Å². The molecule has 4 bridgehead atoms. The van der Waals surface area contributed by atoms with Crippen LogP contribution in [0.3, 0.4) is 0 Å². The maximum Gasteiger partial charge on any atom is 0.348 e. The van der Waals surface area contributed by atoms with Gasteiger partial charge in [0, 0.05) is 5.56 Å². The van der Waals surface area contributed by atoms with E-state index in [1.165, 1.54) is 33.5 Å². The minimum atomic E-state index is -0.662. The maximum absolute atomic E-state index is 13.1. The van der Waals surface area contributed by atoms with Crippen molar-refractivity contribution >= 4 is 34.2 Å². The summed E-state index contributed by atoms with van der Waals surface area (Å²) in [6.07, 6.45) is 6.34. The van der Waals surface area contributed by atoms with Gasteiger partial charge in [-0.25, -0.2) is 9.59 Å². The minimum Gasteiger partial charge on any atom is -0.465 e. The van der Waals surface area contributed by atoms with E-state index in [9.17, 15) is 14.4 Å². The van der Waals surface area contributed by atoms with Crippen LogP contribution in [0.5, 0.6) is 0 Å². The fraction of sp³-hybridized carbons (Fsp3) is 0.650. The number of nitrogens with two attached hydrogens (primary N) is 1. The van der Waals surface area contributed by atoms with Crippen LogP contribution in [0.2, 0.25) is 0 Å². The van der Waals surface area contributed by atoms with Gasteiger partial charge in [0.05, 0.1) is 19.6 Å². The molecule has 2 N–H and O–H groups in total. The van der Waals surface area contributed by atoms with E-state index in [-0.39, 0.29) is 33.6 Å². The number of hydrogen-bond donors (Lipinski definition) is 1. The number of ether oxygens (including phenoxy) is 3. The third-order valence-electron chi connectivity index (χ3n) is 6.61. The van der Waals surface area contributed by atoms with E-state index in [0.717, 1.165) is 30.6 Å². The minimum absolute atomic E-state index is 0.0752. The molecule has 0 aliphatic heterocycles. The van der Waals surface area contributed by atoms with Gasteiger partial charge in [0.2, 0.25) is 0 Å². The first kappa shape index (κ1) is 19.2. The summed E-state index contributed by atoms with van der Waals surface area (Å²) in [5.74, 6) is 0.353. The first-order valence-corrected chi connectivity index (χ1v) is 10.4. The Morgan fingerprint density at radius 3 is 2.04 bits per heavy atom. The summed E-state index contributed by atoms with van der Waals surface area (Å²) in [5, 5.41) is 0.146. The van der Waals surface area contributed by atoms with Crippen LogP contribution >= 0.6 is 11.3 Å². The van der Waals surface area contributed by atoms with Crippen molar-refractivity contribution in [2.24, 2.45) is 23.2 Å². The van der Waals surface area contributed by atoms with Gasteiger partial charge in [0.15, 0.2) is 0 Å². The molecule has 1 aromatic heterocycles. The number of hydrogen-bond acceptors (Lipinski definition) is 8. The lowest BCUT2D eigenvalue weighted by Crippen LogP contribution is -2.50. The smallest absolute Gasteiger partial charge is 0.348 e. The molecule has 4 aliphatic rings. The quantitative estimate of drug-likeness (QED) is 0.590. The molecule has 1 aromatic rings. The highest BCUT2D eigenvalue weighted by Crippen LogP contribution is 2.60. The van der Waals surface area contributed by atoms with E-state index in [4.69, 9.17) is 19.9 Å². The molecule has 28 heavy (non-hydrogen) atoms. The van der Waals surface area contributed by atoms with Gasteiger partial charge in [0.1, 0.15) is 22.0 Å². The number of carbonyl (C=O) groups excluding carboxylic acids is 3. The monoisotopic (exact) mass is 407 g/mol. The molecule has 1 heterocycles. The zero-order valence-corrected chi connectivity index (χ0v) is 16.9. The molecule has 0 atom stereocenters. The highest BCUT2D eigenvalue weighted by molar-refractivity contribution is 7.18. The predicted octanol–water partition coefficient (Wildman–Crippen LogP) is 3.16. The van der Waals surface area contributed by atoms with Crippen LogP contribution in [0, 0.1) is 23.2 Å². The molecule has 0 unspecified atom stereocenters. The average molecular weight is 407 g/mol. The Labute approximate surface area is 167 Å². The molecule has 0 aromatic carbocycles. The normalized spacial score (nSPS) is 30.1. The zero-order chi connectivity index (χ0) is 20.1. The summed E-state index contributed by atoms with van der Waals surface area (Å²) >= 11 is 0.940. The Kier molecular flexibility index (Phi) is 4.85. The molecule has 0 amide bonds. The molecule has 4 fully saturated rings. The van der Waals surface area contributed by atoms with Crippen LogP contribution in [0.15, 0.2) is 0 Å². The van der Waals surface area contributed by atoms with E-state index in [2.05, 4.69) is 0 Å². The third-order valence-corrected chi connectivity index (χ3v) is 7.65. The molecule has 8 heteroatoms. The van der Waals surface area contributed by atoms with Crippen molar-refractivity contribution in [2.75, 3.05) is 20.0 Å². The Morgan fingerprint density at radius 2 is 1.54 bits per heavy atom. The number of esters is 3. The van der Waals surface area contributed by atoms with Crippen molar-refractivity contribution in [1.82, 2.24) is 0 Å². The molecule has 4 saturated carbocycles. The second-order valence-corrected chi connectivity index (χ2v) is 9.46. The van der Waals surface area contributed by atoms with Gasteiger partial charge in [-0.15, -0.1) is 11.3 Å². The number of anilines is 1. The van der Waals surface area contributed by atoms with Crippen LogP contribution in [0.1, 0.15) is 64.1 Å². The fourth-order valence-electron chi connectivity index (χ4n) is 5.86. The van der Waals surface area contributed by atoms with Crippen molar-refractivity contribution in [3.8, 4) is 0 Å². The molecule has 0 radical (unpaired) electrons. The SMILES string of the molecule is COC(=O)c1sc(N)c(C(=O)OC)c1COC(=O)C12CC3CC(CC(C3)C1)C2. The summed E-state index contributed by atoms with van der Waals surface area (Å²) in [6.45, 7) is -0.191. The van der Waals surface area contributed by atoms with Gasteiger partial charge < -0.3 is 19.9 Å². The van der Waals surface area contributed by atoms with E-state index in [0.29, 0.717) is 17.8 Å². The molecule has 4 aliphatic carbocycles. The zero-order valence-electron chi connectivity index (χ0n) is 16.1. The van der Waals surface area contributed by atoms with Crippen molar-refractivity contribution < 1.29 is 28.6 Å². The van der Waals surface area contributed by atoms with Crippen LogP contribution in [-0.4, -0.2) is 32.1 Å². The molecular formula is C20H25NO6S. The van der Waals surface area contributed by atoms with Crippen molar-refractivity contribution in [3.05, 3.63) is 16.0 Å². The van der Waals surface area contributed by atoms with Gasteiger partial charge in [-0.2, -0.15) is 0 Å². The van der Waals surface area contributed by atoms with Crippen molar-refractivity contribution in [2.45, 2.75) is 45.1 Å². The van der Waals surface area contributed by atoms with Gasteiger partial charge in [-0.05, 0) is 56.3 Å². The third kappa shape index (κ3) is 3.07. The maximum atomic E-state index is 13.1. The summed E-state index contributed by atoms with van der Waals surface area (Å²) in [5.41, 5.74) is 5.86.